The van der Waals surface area contributed by atoms with Crippen molar-refractivity contribution < 1.29 is 4.74 Å². The predicted octanol–water partition coefficient (Wildman–Crippen LogP) is 4.81. The number of piperidine rings is 1. The van der Waals surface area contributed by atoms with Gasteiger partial charge in [0.05, 0.1) is 7.11 Å². The molecule has 0 bridgehead atoms. The van der Waals surface area contributed by atoms with E-state index < -0.39 is 0 Å². The fourth-order valence-electron chi connectivity index (χ4n) is 4.57. The summed E-state index contributed by atoms with van der Waals surface area (Å²) in [7, 11) is 1.80. The second-order valence-corrected chi connectivity index (χ2v) is 6.84. The number of fused-ring (bicyclic) bond motifs is 3. The van der Waals surface area contributed by atoms with Gasteiger partial charge in [0.2, 0.25) is 0 Å². The first-order valence-electron chi connectivity index (χ1n) is 8.80. The van der Waals surface area contributed by atoms with Crippen LogP contribution in [0.3, 0.4) is 0 Å². The molecule has 1 aliphatic heterocycles. The molecule has 2 nitrogen and oxygen atoms in total. The van der Waals surface area contributed by atoms with E-state index in [0.717, 1.165) is 18.7 Å². The largest absolute Gasteiger partial charge is 0.496 e. The maximum atomic E-state index is 5.60. The number of likely N-dealkylation sites (tertiary alicyclic amines) is 1. The van der Waals surface area contributed by atoms with Gasteiger partial charge in [0.1, 0.15) is 5.75 Å². The monoisotopic (exact) mass is 343 g/mol. The lowest BCUT2D eigenvalue weighted by Gasteiger charge is -2.45. The summed E-state index contributed by atoms with van der Waals surface area (Å²) in [5, 5.41) is 0. The molecule has 4 rings (SSSR count). The summed E-state index contributed by atoms with van der Waals surface area (Å²) in [6.45, 7) is 2.32. The van der Waals surface area contributed by atoms with Crippen molar-refractivity contribution in [3.8, 4) is 5.75 Å². The molecule has 0 spiro atoms. The van der Waals surface area contributed by atoms with E-state index in [-0.39, 0.29) is 12.4 Å². The molecule has 1 aliphatic carbocycles. The zero-order valence-electron chi connectivity index (χ0n) is 14.3. The van der Waals surface area contributed by atoms with Gasteiger partial charge in [-0.2, -0.15) is 0 Å². The number of methoxy groups -OCH3 is 1. The molecule has 0 aromatic heterocycles. The highest BCUT2D eigenvalue weighted by Gasteiger charge is 2.36. The molecular formula is C21H26ClNO. The molecule has 2 atom stereocenters. The topological polar surface area (TPSA) is 12.5 Å². The van der Waals surface area contributed by atoms with Crippen LogP contribution in [0, 0.1) is 0 Å². The maximum absolute atomic E-state index is 5.60. The van der Waals surface area contributed by atoms with Gasteiger partial charge in [-0.25, -0.2) is 0 Å². The van der Waals surface area contributed by atoms with Crippen molar-refractivity contribution in [2.24, 2.45) is 0 Å². The van der Waals surface area contributed by atoms with Crippen LogP contribution in [0.25, 0.3) is 0 Å². The van der Waals surface area contributed by atoms with Crippen molar-refractivity contribution in [3.05, 3.63) is 65.2 Å². The molecule has 2 aliphatic rings. The van der Waals surface area contributed by atoms with Crippen molar-refractivity contribution in [2.75, 3.05) is 13.7 Å². The van der Waals surface area contributed by atoms with Crippen LogP contribution in [0.15, 0.2) is 48.5 Å². The second kappa shape index (κ2) is 7.58. The van der Waals surface area contributed by atoms with E-state index in [0.29, 0.717) is 12.0 Å². The smallest absolute Gasteiger partial charge is 0.122 e. The number of hydrogen-bond acceptors (Lipinski definition) is 2. The van der Waals surface area contributed by atoms with E-state index >= 15 is 0 Å². The standard InChI is InChI=1S/C21H25NO.ClH/c1-23-21-11-5-9-17-18-10-6-14-22(20(18)13-12-19(17)21)15-16-7-3-2-4-8-16;/h2-5,7-9,11,18,20H,6,10,12-15H2,1H3;1H/t18-,20-;/m1./s1. The number of hydrogen-bond donors (Lipinski definition) is 0. The Labute approximate surface area is 151 Å². The molecule has 0 radical (unpaired) electrons. The maximum Gasteiger partial charge on any atom is 0.122 e. The highest BCUT2D eigenvalue weighted by molar-refractivity contribution is 5.85. The fraction of sp³-hybridized carbons (Fsp3) is 0.429. The summed E-state index contributed by atoms with van der Waals surface area (Å²) in [6, 6.07) is 18.2. The zero-order valence-corrected chi connectivity index (χ0v) is 15.1. The Morgan fingerprint density at radius 3 is 2.67 bits per heavy atom. The number of rotatable bonds is 3. The SMILES string of the molecule is COc1cccc2c1CC[C@@H]1[C@@H]2CCCN1Cc1ccccc1.Cl. The van der Waals surface area contributed by atoms with E-state index in [1.807, 2.05) is 0 Å². The van der Waals surface area contributed by atoms with Crippen molar-refractivity contribution in [1.82, 2.24) is 4.90 Å². The van der Waals surface area contributed by atoms with Crippen LogP contribution in [-0.2, 0) is 13.0 Å². The van der Waals surface area contributed by atoms with E-state index in [9.17, 15) is 0 Å². The van der Waals surface area contributed by atoms with E-state index in [4.69, 9.17) is 4.74 Å². The van der Waals surface area contributed by atoms with Gasteiger partial charge in [0, 0.05) is 12.6 Å². The molecule has 1 saturated heterocycles. The third kappa shape index (κ3) is 3.18. The minimum Gasteiger partial charge on any atom is -0.496 e. The second-order valence-electron chi connectivity index (χ2n) is 6.84. The highest BCUT2D eigenvalue weighted by atomic mass is 35.5. The summed E-state index contributed by atoms with van der Waals surface area (Å²) < 4.78 is 5.60. The Kier molecular flexibility index (Phi) is 5.47. The normalized spacial score (nSPS) is 22.9. The Balaban J connectivity index is 0.00000169. The molecule has 0 unspecified atom stereocenters. The number of ether oxygens (including phenoxy) is 1. The summed E-state index contributed by atoms with van der Waals surface area (Å²) >= 11 is 0. The molecule has 2 aromatic rings. The van der Waals surface area contributed by atoms with Crippen LogP contribution in [0.4, 0.5) is 0 Å². The van der Waals surface area contributed by atoms with Crippen molar-refractivity contribution in [2.45, 2.75) is 44.2 Å². The first-order chi connectivity index (χ1) is 11.4. The fourth-order valence-corrected chi connectivity index (χ4v) is 4.57. The molecule has 24 heavy (non-hydrogen) atoms. The summed E-state index contributed by atoms with van der Waals surface area (Å²) in [6.07, 6.45) is 5.01. The van der Waals surface area contributed by atoms with Crippen LogP contribution < -0.4 is 4.74 Å². The van der Waals surface area contributed by atoms with Gasteiger partial charge in [0.15, 0.2) is 0 Å². The van der Waals surface area contributed by atoms with E-state index in [1.54, 1.807) is 12.7 Å². The lowest BCUT2D eigenvalue weighted by molar-refractivity contribution is 0.104. The molecule has 3 heteroatoms. The quantitative estimate of drug-likeness (QED) is 0.792. The van der Waals surface area contributed by atoms with Crippen LogP contribution in [0.5, 0.6) is 5.75 Å². The highest BCUT2D eigenvalue weighted by Crippen LogP contribution is 2.43. The van der Waals surface area contributed by atoms with Gasteiger partial charge >= 0.3 is 0 Å². The zero-order chi connectivity index (χ0) is 15.6. The molecule has 0 amide bonds. The Bertz CT molecular complexity index is 673. The molecule has 1 heterocycles. The number of nitrogens with zero attached hydrogens (tertiary/aromatic N) is 1. The number of benzene rings is 2. The third-order valence-corrected chi connectivity index (χ3v) is 5.60. The third-order valence-electron chi connectivity index (χ3n) is 5.60. The first kappa shape index (κ1) is 17.3. The van der Waals surface area contributed by atoms with Crippen molar-refractivity contribution in [1.29, 1.82) is 0 Å². The molecule has 0 N–H and O–H groups in total. The average molecular weight is 344 g/mol. The van der Waals surface area contributed by atoms with Crippen molar-refractivity contribution >= 4 is 12.4 Å². The predicted molar refractivity (Wildman–Crippen MR) is 101 cm³/mol. The molecule has 128 valence electrons. The Morgan fingerprint density at radius 2 is 1.88 bits per heavy atom. The van der Waals surface area contributed by atoms with Gasteiger partial charge in [-0.1, -0.05) is 42.5 Å². The van der Waals surface area contributed by atoms with Gasteiger partial charge in [0.25, 0.3) is 0 Å². The minimum absolute atomic E-state index is 0. The Hall–Kier alpha value is -1.51. The lowest BCUT2D eigenvalue weighted by atomic mass is 9.74. The molecule has 2 aromatic carbocycles. The molecule has 1 fully saturated rings. The average Bonchev–Trinajstić information content (AvgIpc) is 2.62. The lowest BCUT2D eigenvalue weighted by Crippen LogP contribution is -2.45. The van der Waals surface area contributed by atoms with Crippen LogP contribution >= 0.6 is 12.4 Å². The summed E-state index contributed by atoms with van der Waals surface area (Å²) in [5.41, 5.74) is 4.43. The first-order valence-corrected chi connectivity index (χ1v) is 8.80. The molecular weight excluding hydrogens is 318 g/mol. The van der Waals surface area contributed by atoms with Gasteiger partial charge in [-0.05, 0) is 60.9 Å². The molecule has 0 saturated carbocycles. The van der Waals surface area contributed by atoms with Gasteiger partial charge < -0.3 is 4.74 Å². The van der Waals surface area contributed by atoms with Gasteiger partial charge in [-0.15, -0.1) is 12.4 Å². The summed E-state index contributed by atoms with van der Waals surface area (Å²) in [4.78, 5) is 2.71. The van der Waals surface area contributed by atoms with Crippen molar-refractivity contribution in [3.63, 3.8) is 0 Å². The van der Waals surface area contributed by atoms with Crippen LogP contribution in [0.1, 0.15) is 41.9 Å². The minimum atomic E-state index is 0. The van der Waals surface area contributed by atoms with Crippen LogP contribution in [-0.4, -0.2) is 24.6 Å². The Morgan fingerprint density at radius 1 is 1.04 bits per heavy atom. The van der Waals surface area contributed by atoms with E-state index in [1.165, 1.54) is 36.9 Å². The summed E-state index contributed by atoms with van der Waals surface area (Å²) in [5.74, 6) is 1.76. The van der Waals surface area contributed by atoms with E-state index in [2.05, 4.69) is 53.4 Å². The van der Waals surface area contributed by atoms with Gasteiger partial charge in [-0.3, -0.25) is 4.90 Å². The number of halogens is 1. The van der Waals surface area contributed by atoms with Crippen LogP contribution in [0.2, 0.25) is 0 Å².